The van der Waals surface area contributed by atoms with E-state index in [0.717, 1.165) is 8.97 Å². The van der Waals surface area contributed by atoms with Crippen molar-refractivity contribution in [2.45, 2.75) is 40.5 Å². The van der Waals surface area contributed by atoms with Gasteiger partial charge in [0, 0.05) is 0 Å². The molecule has 0 bridgehead atoms. The molecule has 40 heteroatoms. The number of hydrogen-bond acceptors (Lipinski definition) is 12. The van der Waals surface area contributed by atoms with Crippen molar-refractivity contribution < 1.29 is 193 Å². The zero-order chi connectivity index (χ0) is 52.4. The minimum absolute atomic E-state index is 0. The van der Waals surface area contributed by atoms with E-state index >= 15 is 0 Å². The molecule has 0 N–H and O–H groups in total. The molecule has 0 aliphatic carbocycles. The fourth-order valence-corrected chi connectivity index (χ4v) is 14.7. The van der Waals surface area contributed by atoms with E-state index < -0.39 is 99.9 Å². The number of nitrogens with zero attached hydrogens (tertiary/aromatic N) is 2. The number of halogens is 19. The van der Waals surface area contributed by atoms with Crippen LogP contribution in [-0.2, 0) is 59.0 Å². The molecule has 392 valence electrons. The summed E-state index contributed by atoms with van der Waals surface area (Å²) in [6, 6.07) is 20.9. The average Bonchev–Trinajstić information content (AvgIpc) is 3.02. The van der Waals surface area contributed by atoms with Gasteiger partial charge in [0.25, 0.3) is 0 Å². The van der Waals surface area contributed by atoms with Crippen LogP contribution < -0.4 is 72.8 Å². The summed E-state index contributed by atoms with van der Waals surface area (Å²) in [5, 5.41) is 0. The van der Waals surface area contributed by atoms with Gasteiger partial charge in [0.2, 0.25) is 0 Å². The Morgan fingerprint density at radius 1 is 0.328 bits per heavy atom. The molecule has 67 heavy (non-hydrogen) atoms. The van der Waals surface area contributed by atoms with Gasteiger partial charge in [-0.15, -0.1) is 0 Å². The first kappa shape index (κ1) is 74.7. The number of sulfone groups is 6. The SMILES string of the molecule is C.C[N+](C)(C)c1ccccc1.C[N+](C)(C)c1ccccc1.O=S(=O)([C-](S(=O)(=O)C(F)(F)F)S(=O)(=O)C(F)(F)F)C(F)(F)F.O=S(=O)([C-](S(=O)(=O)C(F)(F)F)S(=O)(=O)C(F)(F)F)C(F)(F)F.[Cl-].[K+]. The van der Waals surface area contributed by atoms with Crippen molar-refractivity contribution in [2.75, 3.05) is 42.3 Å². The summed E-state index contributed by atoms with van der Waals surface area (Å²) in [7, 11) is -35.1. The predicted molar refractivity (Wildman–Crippen MR) is 195 cm³/mol. The topological polar surface area (TPSA) is 205 Å². The van der Waals surface area contributed by atoms with Crippen LogP contribution in [0, 0.1) is 7.83 Å². The minimum Gasteiger partial charge on any atom is -1.00 e. The Hall–Kier alpha value is -1.27. The van der Waals surface area contributed by atoms with Crippen LogP contribution in [0.1, 0.15) is 7.43 Å². The molecule has 0 aromatic heterocycles. The van der Waals surface area contributed by atoms with E-state index in [1.54, 1.807) is 0 Å². The van der Waals surface area contributed by atoms with Gasteiger partial charge in [0.1, 0.15) is 11.4 Å². The molecule has 0 spiro atoms. The van der Waals surface area contributed by atoms with E-state index in [9.17, 15) is 130 Å². The van der Waals surface area contributed by atoms with Crippen LogP contribution in [0.25, 0.3) is 0 Å². The summed E-state index contributed by atoms with van der Waals surface area (Å²) < 4.78 is 337. The summed E-state index contributed by atoms with van der Waals surface area (Å²) in [6.07, 6.45) is 0. The molecule has 0 saturated carbocycles. The average molecular weight is 1190 g/mol. The largest absolute Gasteiger partial charge is 1.00 e. The number of rotatable bonds is 8. The van der Waals surface area contributed by atoms with Gasteiger partial charge in [-0.05, 0) is 24.3 Å². The first-order valence-electron chi connectivity index (χ1n) is 14.8. The van der Waals surface area contributed by atoms with E-state index in [0.29, 0.717) is 0 Å². The molecule has 2 rings (SSSR count). The molecule has 0 atom stereocenters. The third-order valence-electron chi connectivity index (χ3n) is 6.21. The number of hydrogen-bond donors (Lipinski definition) is 0. The first-order valence-corrected chi connectivity index (χ1v) is 23.7. The van der Waals surface area contributed by atoms with E-state index in [1.807, 2.05) is 12.1 Å². The van der Waals surface area contributed by atoms with Gasteiger partial charge in [0.15, 0.2) is 59.0 Å². The van der Waals surface area contributed by atoms with Crippen LogP contribution >= 0.6 is 0 Å². The monoisotopic (exact) mass is 1180 g/mol. The Morgan fingerprint density at radius 3 is 0.522 bits per heavy atom. The Labute approximate surface area is 420 Å². The maximum atomic E-state index is 12.0. The molecule has 0 aliphatic heterocycles. The number of para-hydroxylation sites is 2. The van der Waals surface area contributed by atoms with Gasteiger partial charge < -0.3 is 12.4 Å². The van der Waals surface area contributed by atoms with Crippen LogP contribution in [-0.4, -0.2) is 126 Å². The van der Waals surface area contributed by atoms with Crippen LogP contribution in [0.15, 0.2) is 60.7 Å². The van der Waals surface area contributed by atoms with Crippen LogP contribution in [0.4, 0.5) is 90.4 Å². The first-order chi connectivity index (χ1) is 27.4. The Kier molecular flexibility index (Phi) is 26.7. The molecule has 0 amide bonds. The summed E-state index contributed by atoms with van der Waals surface area (Å²) >= 11 is 0. The fraction of sp³-hybridized carbons (Fsp3) is 0.481. The fourth-order valence-electron chi connectivity index (χ4n) is 3.18. The molecule has 2 aromatic rings. The van der Waals surface area contributed by atoms with Gasteiger partial charge in [0.05, 0.1) is 50.1 Å². The molecule has 0 unspecified atom stereocenters. The van der Waals surface area contributed by atoms with Crippen molar-refractivity contribution in [1.29, 1.82) is 0 Å². The number of quaternary nitrogens is 2. The van der Waals surface area contributed by atoms with E-state index in [4.69, 9.17) is 0 Å². The van der Waals surface area contributed by atoms with E-state index in [1.165, 1.54) is 11.4 Å². The second-order valence-electron chi connectivity index (χ2n) is 12.9. The standard InChI is InChI=1S/2C9H14N.2C4F9O6S3.CH4.ClH.K/c2*1-10(2,3)9-7-5-4-6-8-9;2*5-2(6,7)20(14,15)1(21(16,17)3(8,9)10)22(18,19)4(11,12)13;;;/h2*4-8H,1-3H3;;;1H4;1H;/q2*+1;2*-1;;;+1/p-1. The summed E-state index contributed by atoms with van der Waals surface area (Å²) in [4.78, 5) is 0. The minimum atomic E-state index is -8.02. The second-order valence-corrected chi connectivity index (χ2v) is 25.7. The number of benzene rings is 2. The Balaban J connectivity index is -0.000000265. The molecule has 0 fully saturated rings. The molecular weight excluding hydrogens is 1150 g/mol. The quantitative estimate of drug-likeness (QED) is 0.157. The summed E-state index contributed by atoms with van der Waals surface area (Å²) in [5.74, 6) is 0. The predicted octanol–water partition coefficient (Wildman–Crippen LogP) is 0.885. The van der Waals surface area contributed by atoms with Crippen molar-refractivity contribution >= 4 is 70.4 Å². The number of alkyl halides is 18. The zero-order valence-electron chi connectivity index (χ0n) is 33.2. The Bertz CT molecular complexity index is 2190. The second kappa shape index (κ2) is 24.0. The molecule has 0 saturated heterocycles. The van der Waals surface area contributed by atoms with Gasteiger partial charge in [-0.2, -0.15) is 79.0 Å². The zero-order valence-corrected chi connectivity index (χ0v) is 42.0. The van der Waals surface area contributed by atoms with E-state index in [2.05, 4.69) is 90.8 Å². The van der Waals surface area contributed by atoms with Gasteiger partial charge in [-0.1, -0.05) is 43.8 Å². The van der Waals surface area contributed by atoms with Gasteiger partial charge >= 0.3 is 84.4 Å². The third-order valence-corrected chi connectivity index (χ3v) is 20.4. The molecule has 0 aliphatic rings. The van der Waals surface area contributed by atoms with Crippen LogP contribution in [0.5, 0.6) is 0 Å². The molecule has 2 aromatic carbocycles. The van der Waals surface area contributed by atoms with Gasteiger partial charge in [-0.25, -0.2) is 0 Å². The molecule has 0 heterocycles. The molecule has 0 radical (unpaired) electrons. The maximum Gasteiger partial charge on any atom is 1.00 e. The van der Waals surface area contributed by atoms with Gasteiger partial charge in [-0.3, -0.25) is 59.5 Å². The summed E-state index contributed by atoms with van der Waals surface area (Å²) in [6.45, 7) is 0. The van der Waals surface area contributed by atoms with Crippen molar-refractivity contribution in [3.63, 3.8) is 0 Å². The maximum absolute atomic E-state index is 12.0. The molecular formula is C27H32ClF18KN2O12S6. The third kappa shape index (κ3) is 18.7. The van der Waals surface area contributed by atoms with Crippen LogP contribution in [0.3, 0.4) is 0 Å². The molecule has 14 nitrogen and oxygen atoms in total. The summed E-state index contributed by atoms with van der Waals surface area (Å²) in [5.41, 5.74) is -39.7. The smallest absolute Gasteiger partial charge is 1.00 e. The van der Waals surface area contributed by atoms with E-state index in [-0.39, 0.29) is 71.2 Å². The van der Waals surface area contributed by atoms with Crippen molar-refractivity contribution in [3.8, 4) is 0 Å². The van der Waals surface area contributed by atoms with Crippen molar-refractivity contribution in [3.05, 3.63) is 68.5 Å². The van der Waals surface area contributed by atoms with Crippen LogP contribution in [0.2, 0.25) is 0 Å². The van der Waals surface area contributed by atoms with Crippen molar-refractivity contribution in [2.24, 2.45) is 0 Å². The Morgan fingerprint density at radius 2 is 0.448 bits per heavy atom. The van der Waals surface area contributed by atoms with Crippen molar-refractivity contribution in [1.82, 2.24) is 8.97 Å². The normalized spacial score (nSPS) is 14.0.